The lowest BCUT2D eigenvalue weighted by molar-refractivity contribution is -0.115. The van der Waals surface area contributed by atoms with Crippen molar-refractivity contribution in [1.29, 1.82) is 0 Å². The Morgan fingerprint density at radius 1 is 1.20 bits per heavy atom. The maximum Gasteiger partial charge on any atom is 0.263 e. The third-order valence-corrected chi connectivity index (χ3v) is 4.85. The van der Waals surface area contributed by atoms with Crippen LogP contribution in [0.2, 0.25) is 5.02 Å². The Morgan fingerprint density at radius 2 is 1.96 bits per heavy atom. The van der Waals surface area contributed by atoms with Crippen molar-refractivity contribution in [2.45, 2.75) is 6.61 Å². The summed E-state index contributed by atoms with van der Waals surface area (Å²) < 4.78 is 11.7. The van der Waals surface area contributed by atoms with Crippen molar-refractivity contribution in [2.24, 2.45) is 0 Å². The molecule has 0 aromatic heterocycles. The molecule has 0 atom stereocenters. The van der Waals surface area contributed by atoms with Gasteiger partial charge in [-0.25, -0.2) is 0 Å². The van der Waals surface area contributed by atoms with Crippen LogP contribution in [0.5, 0.6) is 11.5 Å². The number of thioether (sulfide) groups is 1. The molecule has 0 aliphatic carbocycles. The van der Waals surface area contributed by atoms with Gasteiger partial charge in [-0.05, 0) is 41.5 Å². The van der Waals surface area contributed by atoms with Crippen LogP contribution in [-0.4, -0.2) is 17.3 Å². The fourth-order valence-electron chi connectivity index (χ4n) is 2.21. The van der Waals surface area contributed by atoms with E-state index in [1.54, 1.807) is 19.3 Å². The Labute approximate surface area is 160 Å². The van der Waals surface area contributed by atoms with E-state index in [0.717, 1.165) is 11.1 Å². The van der Waals surface area contributed by atoms with E-state index < -0.39 is 0 Å². The van der Waals surface area contributed by atoms with Gasteiger partial charge in [0.1, 0.15) is 10.9 Å². The van der Waals surface area contributed by atoms with Crippen LogP contribution in [0.4, 0.5) is 0 Å². The van der Waals surface area contributed by atoms with Crippen molar-refractivity contribution >= 4 is 51.9 Å². The zero-order valence-corrected chi connectivity index (χ0v) is 15.6. The summed E-state index contributed by atoms with van der Waals surface area (Å²) in [6, 6.07) is 12.9. The van der Waals surface area contributed by atoms with E-state index in [1.807, 2.05) is 36.4 Å². The number of amides is 1. The highest BCUT2D eigenvalue weighted by Crippen LogP contribution is 2.32. The highest BCUT2D eigenvalue weighted by atomic mass is 35.5. The van der Waals surface area contributed by atoms with E-state index in [0.29, 0.717) is 32.4 Å². The van der Waals surface area contributed by atoms with Crippen LogP contribution < -0.4 is 14.8 Å². The third kappa shape index (κ3) is 4.54. The lowest BCUT2D eigenvalue weighted by atomic mass is 10.2. The quantitative estimate of drug-likeness (QED) is 0.604. The van der Waals surface area contributed by atoms with E-state index in [2.05, 4.69) is 5.32 Å². The average Bonchev–Trinajstić information content (AvgIpc) is 2.92. The van der Waals surface area contributed by atoms with Gasteiger partial charge in [-0.15, -0.1) is 0 Å². The highest BCUT2D eigenvalue weighted by molar-refractivity contribution is 8.26. The van der Waals surface area contributed by atoms with Crippen LogP contribution in [0.15, 0.2) is 47.4 Å². The number of hydrogen-bond donors (Lipinski definition) is 1. The molecule has 128 valence electrons. The molecule has 0 saturated carbocycles. The van der Waals surface area contributed by atoms with Crippen LogP contribution in [0.25, 0.3) is 6.08 Å². The lowest BCUT2D eigenvalue weighted by Gasteiger charge is -2.12. The fourth-order valence-corrected chi connectivity index (χ4v) is 3.38. The van der Waals surface area contributed by atoms with Gasteiger partial charge in [0, 0.05) is 5.02 Å². The van der Waals surface area contributed by atoms with Crippen LogP contribution in [-0.2, 0) is 11.4 Å². The second-order valence-electron chi connectivity index (χ2n) is 5.18. The number of methoxy groups -OCH3 is 1. The molecule has 1 aliphatic heterocycles. The third-order valence-electron chi connectivity index (χ3n) is 3.44. The minimum Gasteiger partial charge on any atom is -0.493 e. The average molecular weight is 392 g/mol. The van der Waals surface area contributed by atoms with Crippen molar-refractivity contribution in [3.05, 3.63) is 63.5 Å². The predicted molar refractivity (Wildman–Crippen MR) is 105 cm³/mol. The maximum absolute atomic E-state index is 11.8. The molecule has 0 spiro atoms. The number of benzene rings is 2. The van der Waals surface area contributed by atoms with Crippen LogP contribution >= 0.6 is 35.6 Å². The smallest absolute Gasteiger partial charge is 0.263 e. The molecule has 0 radical (unpaired) electrons. The number of hydrogen-bond acceptors (Lipinski definition) is 5. The van der Waals surface area contributed by atoms with E-state index in [9.17, 15) is 4.79 Å². The maximum atomic E-state index is 11.8. The van der Waals surface area contributed by atoms with Crippen LogP contribution in [0.3, 0.4) is 0 Å². The summed E-state index contributed by atoms with van der Waals surface area (Å²) in [5.41, 5.74) is 1.82. The van der Waals surface area contributed by atoms with Gasteiger partial charge in [-0.1, -0.05) is 53.8 Å². The predicted octanol–water partition coefficient (Wildman–Crippen LogP) is 4.42. The number of rotatable bonds is 5. The normalized spacial score (nSPS) is 15.4. The van der Waals surface area contributed by atoms with Gasteiger partial charge in [-0.2, -0.15) is 0 Å². The Morgan fingerprint density at radius 3 is 2.60 bits per heavy atom. The molecule has 2 aromatic rings. The molecular formula is C18H14ClNO3S2. The first-order chi connectivity index (χ1) is 12.0. The Hall–Kier alpha value is -2.02. The first-order valence-corrected chi connectivity index (χ1v) is 8.95. The van der Waals surface area contributed by atoms with Gasteiger partial charge in [0.2, 0.25) is 0 Å². The molecule has 3 rings (SSSR count). The second-order valence-corrected chi connectivity index (χ2v) is 7.33. The Balaban J connectivity index is 1.80. The first kappa shape index (κ1) is 17.8. The first-order valence-electron chi connectivity index (χ1n) is 7.35. The molecule has 4 nitrogen and oxygen atoms in total. The number of ether oxygens (including phenoxy) is 2. The minimum absolute atomic E-state index is 0.186. The van der Waals surface area contributed by atoms with Crippen LogP contribution in [0, 0.1) is 0 Å². The summed E-state index contributed by atoms with van der Waals surface area (Å²) in [6.07, 6.45) is 1.77. The molecule has 1 aliphatic rings. The van der Waals surface area contributed by atoms with Gasteiger partial charge in [-0.3, -0.25) is 4.79 Å². The van der Waals surface area contributed by atoms with E-state index >= 15 is 0 Å². The van der Waals surface area contributed by atoms with Gasteiger partial charge in [0.25, 0.3) is 5.91 Å². The minimum atomic E-state index is -0.186. The number of halogens is 1. The van der Waals surface area contributed by atoms with E-state index in [-0.39, 0.29) is 5.91 Å². The van der Waals surface area contributed by atoms with Crippen molar-refractivity contribution in [3.8, 4) is 11.5 Å². The topological polar surface area (TPSA) is 47.6 Å². The van der Waals surface area contributed by atoms with Crippen molar-refractivity contribution in [1.82, 2.24) is 5.32 Å². The van der Waals surface area contributed by atoms with E-state index in [1.165, 1.54) is 11.8 Å². The molecule has 2 aromatic carbocycles. The van der Waals surface area contributed by atoms with Gasteiger partial charge in [0.05, 0.1) is 12.0 Å². The largest absolute Gasteiger partial charge is 0.493 e. The molecule has 1 saturated heterocycles. The molecule has 25 heavy (non-hydrogen) atoms. The highest BCUT2D eigenvalue weighted by Gasteiger charge is 2.22. The number of carbonyl (C=O) groups excluding carboxylic acids is 1. The number of nitrogens with one attached hydrogen (secondary N) is 1. The molecule has 0 bridgehead atoms. The molecule has 1 fully saturated rings. The Kier molecular flexibility index (Phi) is 5.63. The standard InChI is InChI=1S/C18H14ClNO3S2/c1-22-14-7-4-12(9-16-17(21)20-18(24)25-16)8-15(14)23-10-11-2-5-13(19)6-3-11/h2-9H,10H2,1H3,(H,20,21,24). The van der Waals surface area contributed by atoms with E-state index in [4.69, 9.17) is 33.3 Å². The second kappa shape index (κ2) is 7.91. The molecule has 0 unspecified atom stereocenters. The zero-order valence-electron chi connectivity index (χ0n) is 13.2. The molecule has 7 heteroatoms. The molecule has 1 amide bonds. The van der Waals surface area contributed by atoms with Crippen molar-refractivity contribution < 1.29 is 14.3 Å². The summed E-state index contributed by atoms with van der Waals surface area (Å²) in [7, 11) is 1.58. The zero-order chi connectivity index (χ0) is 17.8. The van der Waals surface area contributed by atoms with Gasteiger partial charge < -0.3 is 14.8 Å². The SMILES string of the molecule is COc1ccc(C=C2SC(=S)NC2=O)cc1OCc1ccc(Cl)cc1. The summed E-state index contributed by atoms with van der Waals surface area (Å²) in [6.45, 7) is 0.382. The lowest BCUT2D eigenvalue weighted by Crippen LogP contribution is -2.17. The number of carbonyl (C=O) groups is 1. The molecule has 1 N–H and O–H groups in total. The van der Waals surface area contributed by atoms with Crippen molar-refractivity contribution in [3.63, 3.8) is 0 Å². The van der Waals surface area contributed by atoms with Gasteiger partial charge in [0.15, 0.2) is 11.5 Å². The Bertz CT molecular complexity index is 850. The van der Waals surface area contributed by atoms with Crippen molar-refractivity contribution in [2.75, 3.05) is 7.11 Å². The monoisotopic (exact) mass is 391 g/mol. The summed E-state index contributed by atoms with van der Waals surface area (Å²) in [5.74, 6) is 1.03. The fraction of sp³-hybridized carbons (Fsp3) is 0.111. The number of thiocarbonyl (C=S) groups is 1. The molecular weight excluding hydrogens is 378 g/mol. The van der Waals surface area contributed by atoms with Crippen LogP contribution in [0.1, 0.15) is 11.1 Å². The van der Waals surface area contributed by atoms with Gasteiger partial charge >= 0.3 is 0 Å². The molecule has 1 heterocycles. The summed E-state index contributed by atoms with van der Waals surface area (Å²) in [4.78, 5) is 12.3. The summed E-state index contributed by atoms with van der Waals surface area (Å²) >= 11 is 12.1. The summed E-state index contributed by atoms with van der Waals surface area (Å²) in [5, 5.41) is 3.28.